The summed E-state index contributed by atoms with van der Waals surface area (Å²) < 4.78 is 4.96. The molecule has 2 rings (SSSR count). The Morgan fingerprint density at radius 2 is 2.29 bits per heavy atom. The lowest BCUT2D eigenvalue weighted by Crippen LogP contribution is -2.13. The fourth-order valence-corrected chi connectivity index (χ4v) is 1.55. The van der Waals surface area contributed by atoms with Gasteiger partial charge in [0.1, 0.15) is 0 Å². The van der Waals surface area contributed by atoms with E-state index in [4.69, 9.17) is 4.74 Å². The standard InChI is InChI=1S/C12H17N3O2/c1-3-10-9(11(16)17-4-2)7-13-12(15-10)14-8-5-6-8/h7-8H,3-6H2,1-2H3,(H,13,14,15). The van der Waals surface area contributed by atoms with Crippen molar-refractivity contribution in [3.63, 3.8) is 0 Å². The third kappa shape index (κ3) is 2.93. The van der Waals surface area contributed by atoms with Gasteiger partial charge in [-0.1, -0.05) is 6.92 Å². The van der Waals surface area contributed by atoms with Crippen LogP contribution in [-0.4, -0.2) is 28.6 Å². The van der Waals surface area contributed by atoms with Crippen LogP contribution in [0.2, 0.25) is 0 Å². The quantitative estimate of drug-likeness (QED) is 0.788. The summed E-state index contributed by atoms with van der Waals surface area (Å²) >= 11 is 0. The van der Waals surface area contributed by atoms with Crippen LogP contribution in [0.4, 0.5) is 5.95 Å². The van der Waals surface area contributed by atoms with Crippen LogP contribution in [0.15, 0.2) is 6.20 Å². The maximum Gasteiger partial charge on any atom is 0.341 e. The van der Waals surface area contributed by atoms with E-state index in [-0.39, 0.29) is 5.97 Å². The molecule has 1 aromatic heterocycles. The summed E-state index contributed by atoms with van der Waals surface area (Å²) in [6, 6.07) is 0.508. The molecular formula is C12H17N3O2. The number of nitrogens with one attached hydrogen (secondary N) is 1. The average Bonchev–Trinajstić information content (AvgIpc) is 3.13. The van der Waals surface area contributed by atoms with Gasteiger partial charge in [-0.15, -0.1) is 0 Å². The van der Waals surface area contributed by atoms with E-state index in [2.05, 4.69) is 15.3 Å². The molecule has 1 fully saturated rings. The Morgan fingerprint density at radius 3 is 2.88 bits per heavy atom. The van der Waals surface area contributed by atoms with Crippen LogP contribution >= 0.6 is 0 Å². The largest absolute Gasteiger partial charge is 0.462 e. The molecule has 0 radical (unpaired) electrons. The van der Waals surface area contributed by atoms with E-state index in [0.29, 0.717) is 30.6 Å². The van der Waals surface area contributed by atoms with E-state index >= 15 is 0 Å². The SMILES string of the molecule is CCOC(=O)c1cnc(NC2CC2)nc1CC. The molecule has 17 heavy (non-hydrogen) atoms. The van der Waals surface area contributed by atoms with Crippen LogP contribution in [0.3, 0.4) is 0 Å². The lowest BCUT2D eigenvalue weighted by atomic mass is 10.2. The first-order valence-electron chi connectivity index (χ1n) is 6.04. The van der Waals surface area contributed by atoms with E-state index in [1.807, 2.05) is 6.92 Å². The zero-order chi connectivity index (χ0) is 12.3. The molecule has 1 aliphatic rings. The topological polar surface area (TPSA) is 64.1 Å². The van der Waals surface area contributed by atoms with Crippen molar-refractivity contribution in [3.05, 3.63) is 17.5 Å². The number of rotatable bonds is 5. The summed E-state index contributed by atoms with van der Waals surface area (Å²) in [5.41, 5.74) is 1.21. The number of esters is 1. The van der Waals surface area contributed by atoms with Crippen molar-refractivity contribution in [2.24, 2.45) is 0 Å². The van der Waals surface area contributed by atoms with Gasteiger partial charge in [0, 0.05) is 12.2 Å². The Hall–Kier alpha value is -1.65. The predicted molar refractivity (Wildman–Crippen MR) is 64.0 cm³/mol. The van der Waals surface area contributed by atoms with Gasteiger partial charge < -0.3 is 10.1 Å². The normalized spacial score (nSPS) is 14.5. The Balaban J connectivity index is 2.17. The third-order valence-corrected chi connectivity index (χ3v) is 2.61. The summed E-state index contributed by atoms with van der Waals surface area (Å²) in [5.74, 6) is 0.264. The molecule has 1 saturated carbocycles. The summed E-state index contributed by atoms with van der Waals surface area (Å²) in [7, 11) is 0. The molecule has 1 aliphatic carbocycles. The molecular weight excluding hydrogens is 218 g/mol. The predicted octanol–water partition coefficient (Wildman–Crippen LogP) is 1.79. The van der Waals surface area contributed by atoms with Crippen molar-refractivity contribution >= 4 is 11.9 Å². The molecule has 0 aromatic carbocycles. The van der Waals surface area contributed by atoms with Gasteiger partial charge >= 0.3 is 5.97 Å². The summed E-state index contributed by atoms with van der Waals surface area (Å²) in [4.78, 5) is 20.1. The van der Waals surface area contributed by atoms with Crippen molar-refractivity contribution in [3.8, 4) is 0 Å². The summed E-state index contributed by atoms with van der Waals surface area (Å²) in [6.07, 6.45) is 4.58. The second kappa shape index (κ2) is 5.12. The fourth-order valence-electron chi connectivity index (χ4n) is 1.55. The summed E-state index contributed by atoms with van der Waals surface area (Å²) in [6.45, 7) is 4.11. The number of nitrogens with zero attached hydrogens (tertiary/aromatic N) is 2. The van der Waals surface area contributed by atoms with Gasteiger partial charge in [0.05, 0.1) is 17.9 Å². The van der Waals surface area contributed by atoms with E-state index in [1.54, 1.807) is 13.1 Å². The molecule has 0 saturated heterocycles. The van der Waals surface area contributed by atoms with Gasteiger partial charge in [-0.05, 0) is 26.2 Å². The first-order valence-corrected chi connectivity index (χ1v) is 6.04. The Morgan fingerprint density at radius 1 is 1.53 bits per heavy atom. The van der Waals surface area contributed by atoms with Gasteiger partial charge in [-0.3, -0.25) is 0 Å². The maximum atomic E-state index is 11.6. The number of aryl methyl sites for hydroxylation is 1. The van der Waals surface area contributed by atoms with Crippen LogP contribution < -0.4 is 5.32 Å². The fraction of sp³-hybridized carbons (Fsp3) is 0.583. The molecule has 0 unspecified atom stereocenters. The second-order valence-corrected chi connectivity index (χ2v) is 4.05. The minimum Gasteiger partial charge on any atom is -0.462 e. The van der Waals surface area contributed by atoms with Crippen LogP contribution in [0.5, 0.6) is 0 Å². The van der Waals surface area contributed by atoms with Crippen molar-refractivity contribution < 1.29 is 9.53 Å². The molecule has 0 spiro atoms. The van der Waals surface area contributed by atoms with Gasteiger partial charge in [0.2, 0.25) is 5.95 Å². The van der Waals surface area contributed by atoms with Crippen molar-refractivity contribution in [2.45, 2.75) is 39.2 Å². The van der Waals surface area contributed by atoms with E-state index < -0.39 is 0 Å². The van der Waals surface area contributed by atoms with E-state index in [1.165, 1.54) is 12.8 Å². The lowest BCUT2D eigenvalue weighted by molar-refractivity contribution is 0.0524. The highest BCUT2D eigenvalue weighted by molar-refractivity contribution is 5.90. The van der Waals surface area contributed by atoms with Crippen LogP contribution in [0, 0.1) is 0 Å². The first kappa shape index (κ1) is 11.8. The zero-order valence-corrected chi connectivity index (χ0v) is 10.2. The Bertz CT molecular complexity index is 416. The third-order valence-electron chi connectivity index (χ3n) is 2.61. The lowest BCUT2D eigenvalue weighted by Gasteiger charge is -2.08. The minimum absolute atomic E-state index is 0.345. The van der Waals surface area contributed by atoms with Gasteiger partial charge in [-0.25, -0.2) is 14.8 Å². The number of ether oxygens (including phenoxy) is 1. The number of hydrogen-bond acceptors (Lipinski definition) is 5. The Labute approximate surface area is 101 Å². The molecule has 5 heteroatoms. The number of carbonyl (C=O) groups excluding carboxylic acids is 1. The number of aromatic nitrogens is 2. The molecule has 1 heterocycles. The van der Waals surface area contributed by atoms with E-state index in [0.717, 1.165) is 5.69 Å². The molecule has 1 aromatic rings. The smallest absolute Gasteiger partial charge is 0.341 e. The van der Waals surface area contributed by atoms with Crippen molar-refractivity contribution in [1.82, 2.24) is 9.97 Å². The highest BCUT2D eigenvalue weighted by Crippen LogP contribution is 2.23. The van der Waals surface area contributed by atoms with Crippen LogP contribution in [-0.2, 0) is 11.2 Å². The molecule has 0 aliphatic heterocycles. The summed E-state index contributed by atoms with van der Waals surface area (Å²) in [5, 5.41) is 3.21. The van der Waals surface area contributed by atoms with Crippen molar-refractivity contribution in [1.29, 1.82) is 0 Å². The minimum atomic E-state index is -0.345. The van der Waals surface area contributed by atoms with Gasteiger partial charge in [0.25, 0.3) is 0 Å². The van der Waals surface area contributed by atoms with Gasteiger partial charge in [-0.2, -0.15) is 0 Å². The molecule has 92 valence electrons. The number of anilines is 1. The molecule has 0 amide bonds. The second-order valence-electron chi connectivity index (χ2n) is 4.05. The highest BCUT2D eigenvalue weighted by Gasteiger charge is 2.22. The molecule has 0 bridgehead atoms. The van der Waals surface area contributed by atoms with Gasteiger partial charge in [0.15, 0.2) is 0 Å². The van der Waals surface area contributed by atoms with Crippen molar-refractivity contribution in [2.75, 3.05) is 11.9 Å². The van der Waals surface area contributed by atoms with Crippen LogP contribution in [0.1, 0.15) is 42.7 Å². The number of carbonyl (C=O) groups is 1. The monoisotopic (exact) mass is 235 g/mol. The highest BCUT2D eigenvalue weighted by atomic mass is 16.5. The molecule has 1 N–H and O–H groups in total. The van der Waals surface area contributed by atoms with E-state index in [9.17, 15) is 4.79 Å². The average molecular weight is 235 g/mol. The Kier molecular flexibility index (Phi) is 3.56. The first-order chi connectivity index (χ1) is 8.24. The molecule has 5 nitrogen and oxygen atoms in total. The number of hydrogen-bond donors (Lipinski definition) is 1. The van der Waals surface area contributed by atoms with Crippen LogP contribution in [0.25, 0.3) is 0 Å². The zero-order valence-electron chi connectivity index (χ0n) is 10.2. The molecule has 0 atom stereocenters. The maximum absolute atomic E-state index is 11.6.